The van der Waals surface area contributed by atoms with Crippen LogP contribution in [0.1, 0.15) is 94.0 Å². The van der Waals surface area contributed by atoms with Crippen molar-refractivity contribution in [2.24, 2.45) is 11.8 Å². The number of nitrogens with one attached hydrogen (secondary N) is 4. The van der Waals surface area contributed by atoms with Crippen molar-refractivity contribution in [2.45, 2.75) is 83.3 Å². The summed E-state index contributed by atoms with van der Waals surface area (Å²) >= 11 is 1.56. The number of likely N-dealkylation sites (tertiary alicyclic amines) is 1. The molecule has 54 heavy (non-hydrogen) atoms. The van der Waals surface area contributed by atoms with Gasteiger partial charge in [-0.1, -0.05) is 75.2 Å². The van der Waals surface area contributed by atoms with Crippen molar-refractivity contribution in [3.8, 4) is 33.6 Å². The number of methoxy groups -OCH3 is 1. The summed E-state index contributed by atoms with van der Waals surface area (Å²) in [6.45, 7) is 6.41. The fourth-order valence-corrected chi connectivity index (χ4v) is 8.45. The first-order valence-corrected chi connectivity index (χ1v) is 19.7. The predicted molar refractivity (Wildman–Crippen MR) is 208 cm³/mol. The van der Waals surface area contributed by atoms with Gasteiger partial charge >= 0.3 is 6.09 Å². The predicted octanol–water partition coefficient (Wildman–Crippen LogP) is 7.79. The van der Waals surface area contributed by atoms with Gasteiger partial charge in [0, 0.05) is 30.0 Å². The second-order valence-electron chi connectivity index (χ2n) is 14.7. The van der Waals surface area contributed by atoms with Gasteiger partial charge in [-0.05, 0) is 60.8 Å². The molecule has 282 valence electrons. The molecule has 3 amide bonds. The lowest BCUT2D eigenvalue weighted by Crippen LogP contribution is -2.51. The molecule has 0 spiro atoms. The minimum atomic E-state index is -0.677. The summed E-state index contributed by atoms with van der Waals surface area (Å²) in [5.74, 6) is 1.38. The van der Waals surface area contributed by atoms with Crippen LogP contribution >= 0.6 is 11.3 Å². The first-order valence-electron chi connectivity index (χ1n) is 18.9. The Hall–Kier alpha value is -5.30. The molecule has 5 aromatic rings. The number of rotatable bonds is 11. The van der Waals surface area contributed by atoms with Crippen LogP contribution in [0.3, 0.4) is 0 Å². The molecule has 12 nitrogen and oxygen atoms in total. The number of thiazole rings is 1. The van der Waals surface area contributed by atoms with Crippen LogP contribution < -0.4 is 10.6 Å². The summed E-state index contributed by atoms with van der Waals surface area (Å²) in [7, 11) is 1.30. The van der Waals surface area contributed by atoms with Crippen molar-refractivity contribution in [1.82, 2.24) is 40.5 Å². The van der Waals surface area contributed by atoms with Crippen LogP contribution in [0, 0.1) is 11.8 Å². The van der Waals surface area contributed by atoms with E-state index in [-0.39, 0.29) is 41.7 Å². The van der Waals surface area contributed by atoms with E-state index < -0.39 is 12.1 Å². The molecular weight excluding hydrogens is 701 g/mol. The second kappa shape index (κ2) is 16.4. The Morgan fingerprint density at radius 3 is 2.02 bits per heavy atom. The third-order valence-corrected chi connectivity index (χ3v) is 11.8. The lowest BCUT2D eigenvalue weighted by atomic mass is 9.78. The molecule has 4 N–H and O–H groups in total. The summed E-state index contributed by atoms with van der Waals surface area (Å²) < 4.78 is 4.76. The quantitative estimate of drug-likeness (QED) is 0.107. The number of hydrogen-bond acceptors (Lipinski definition) is 8. The zero-order valence-electron chi connectivity index (χ0n) is 31.2. The Balaban J connectivity index is 0.995. The molecule has 5 atom stereocenters. The SMILES string of the molecule is COC(=O)NC(C(=O)N1CCCC1c1ncc(-c2ccc(-c3ccc(-c4cnc([C@@H]5CCCCC5C(=O)NC(C)c5nccs5)[nH]4)cc3)cc2)[nH]1)C(C)C. The minimum absolute atomic E-state index is 0.0480. The molecule has 1 saturated carbocycles. The maximum atomic E-state index is 13.5. The van der Waals surface area contributed by atoms with E-state index in [0.717, 1.165) is 88.8 Å². The zero-order chi connectivity index (χ0) is 37.8. The van der Waals surface area contributed by atoms with E-state index in [1.54, 1.807) is 17.5 Å². The van der Waals surface area contributed by atoms with E-state index in [1.165, 1.54) is 7.11 Å². The smallest absolute Gasteiger partial charge is 0.407 e. The molecule has 4 unspecified atom stereocenters. The van der Waals surface area contributed by atoms with Crippen molar-refractivity contribution < 1.29 is 19.1 Å². The van der Waals surface area contributed by atoms with Gasteiger partial charge in [0.05, 0.1) is 43.0 Å². The van der Waals surface area contributed by atoms with E-state index >= 15 is 0 Å². The van der Waals surface area contributed by atoms with Gasteiger partial charge in [0.15, 0.2) is 0 Å². The number of aromatic nitrogens is 5. The Bertz CT molecular complexity index is 2040. The highest BCUT2D eigenvalue weighted by Crippen LogP contribution is 2.38. The normalized spacial score (nSPS) is 19.7. The number of H-pyrrole nitrogens is 2. The monoisotopic (exact) mass is 748 g/mol. The third-order valence-electron chi connectivity index (χ3n) is 10.8. The topological polar surface area (TPSA) is 158 Å². The zero-order valence-corrected chi connectivity index (χ0v) is 32.0. The Morgan fingerprint density at radius 1 is 0.796 bits per heavy atom. The van der Waals surface area contributed by atoms with Crippen molar-refractivity contribution in [3.05, 3.63) is 89.2 Å². The average Bonchev–Trinajstić information content (AvgIpc) is 4.04. The molecule has 1 aliphatic heterocycles. The van der Waals surface area contributed by atoms with Crippen LogP contribution in [0.15, 0.2) is 72.5 Å². The highest BCUT2D eigenvalue weighted by Gasteiger charge is 2.38. The van der Waals surface area contributed by atoms with Crippen molar-refractivity contribution in [3.63, 3.8) is 0 Å². The number of carbonyl (C=O) groups is 3. The van der Waals surface area contributed by atoms with Gasteiger partial charge in [-0.3, -0.25) is 9.59 Å². The number of nitrogens with zero attached hydrogens (tertiary/aromatic N) is 4. The lowest BCUT2D eigenvalue weighted by molar-refractivity contribution is -0.135. The highest BCUT2D eigenvalue weighted by atomic mass is 32.1. The van der Waals surface area contributed by atoms with Gasteiger partial charge in [0.25, 0.3) is 0 Å². The largest absolute Gasteiger partial charge is 0.453 e. The summed E-state index contributed by atoms with van der Waals surface area (Å²) in [6.07, 6.45) is 10.4. The third kappa shape index (κ3) is 7.96. The van der Waals surface area contributed by atoms with Crippen LogP contribution in [-0.2, 0) is 14.3 Å². The molecule has 1 saturated heterocycles. The number of amides is 3. The fourth-order valence-electron chi connectivity index (χ4n) is 7.80. The van der Waals surface area contributed by atoms with Crippen LogP contribution in [0.4, 0.5) is 4.79 Å². The minimum Gasteiger partial charge on any atom is -0.453 e. The number of ether oxygens (including phenoxy) is 1. The second-order valence-corrected chi connectivity index (χ2v) is 15.6. The van der Waals surface area contributed by atoms with E-state index in [2.05, 4.69) is 79.1 Å². The number of carbonyl (C=O) groups excluding carboxylic acids is 3. The van der Waals surface area contributed by atoms with Crippen LogP contribution in [-0.4, -0.2) is 67.4 Å². The van der Waals surface area contributed by atoms with Crippen molar-refractivity contribution >= 4 is 29.2 Å². The summed E-state index contributed by atoms with van der Waals surface area (Å²) in [5.41, 5.74) is 6.02. The van der Waals surface area contributed by atoms with Gasteiger partial charge in [-0.15, -0.1) is 11.3 Å². The van der Waals surface area contributed by atoms with Crippen LogP contribution in [0.25, 0.3) is 33.6 Å². The first-order chi connectivity index (χ1) is 26.2. The molecular formula is C41H48N8O4S. The van der Waals surface area contributed by atoms with Crippen molar-refractivity contribution in [1.29, 1.82) is 0 Å². The van der Waals surface area contributed by atoms with E-state index in [9.17, 15) is 14.4 Å². The van der Waals surface area contributed by atoms with Gasteiger partial charge < -0.3 is 30.2 Å². The number of alkyl carbamates (subject to hydrolysis) is 1. The van der Waals surface area contributed by atoms with Gasteiger partial charge in [0.1, 0.15) is 22.7 Å². The van der Waals surface area contributed by atoms with Gasteiger partial charge in [-0.25, -0.2) is 19.7 Å². The van der Waals surface area contributed by atoms with Crippen LogP contribution in [0.2, 0.25) is 0 Å². The molecule has 7 rings (SSSR count). The Kier molecular flexibility index (Phi) is 11.2. The van der Waals surface area contributed by atoms with E-state index in [0.29, 0.717) is 6.54 Å². The van der Waals surface area contributed by atoms with Crippen LogP contribution in [0.5, 0.6) is 0 Å². The maximum Gasteiger partial charge on any atom is 0.407 e. The van der Waals surface area contributed by atoms with E-state index in [1.807, 2.05) is 43.4 Å². The number of aromatic amines is 2. The molecule has 13 heteroatoms. The molecule has 2 aromatic carbocycles. The fraction of sp³-hybridized carbons (Fsp3) is 0.415. The summed E-state index contributed by atoms with van der Waals surface area (Å²) in [4.78, 5) is 61.5. The number of imidazole rings is 2. The molecule has 0 bridgehead atoms. The average molecular weight is 749 g/mol. The maximum absolute atomic E-state index is 13.5. The van der Waals surface area contributed by atoms with Crippen molar-refractivity contribution in [2.75, 3.05) is 13.7 Å². The molecule has 3 aromatic heterocycles. The van der Waals surface area contributed by atoms with Gasteiger partial charge in [-0.2, -0.15) is 0 Å². The standard InChI is InChI=1S/C41H48N8O4S/c1-24(2)35(48-41(52)53-4)40(51)49-20-7-10-34(49)37-44-23-33(47-37)29-17-13-27(14-18-29)26-11-15-28(16-12-26)32-22-43-36(46-32)30-8-5-6-9-31(30)38(50)45-25(3)39-42-19-21-54-39/h11-19,21-25,30-31,34-35H,5-10,20H2,1-4H3,(H,43,46)(H,44,47)(H,45,50)(H,48,52)/t25?,30-,31?,34?,35?/m1/s1. The Morgan fingerprint density at radius 2 is 1.41 bits per heavy atom. The van der Waals surface area contributed by atoms with E-state index in [4.69, 9.17) is 9.72 Å². The number of hydrogen-bond donors (Lipinski definition) is 4. The molecule has 4 heterocycles. The molecule has 1 aliphatic carbocycles. The molecule has 2 fully saturated rings. The molecule has 0 radical (unpaired) electrons. The number of benzene rings is 2. The Labute approximate surface area is 319 Å². The summed E-state index contributed by atoms with van der Waals surface area (Å²) in [6, 6.07) is 15.8. The van der Waals surface area contributed by atoms with Gasteiger partial charge in [0.2, 0.25) is 11.8 Å². The summed E-state index contributed by atoms with van der Waals surface area (Å²) in [5, 5.41) is 8.74. The highest BCUT2D eigenvalue weighted by molar-refractivity contribution is 7.09. The first kappa shape index (κ1) is 37.0. The molecule has 2 aliphatic rings. The lowest BCUT2D eigenvalue weighted by Gasteiger charge is -2.30.